The molecule has 1 aromatic carbocycles. The zero-order chi connectivity index (χ0) is 17.3. The third-order valence-corrected chi connectivity index (χ3v) is 5.17. The lowest BCUT2D eigenvalue weighted by Crippen LogP contribution is -2.70. The van der Waals surface area contributed by atoms with Crippen molar-refractivity contribution in [1.82, 2.24) is 10.2 Å². The van der Waals surface area contributed by atoms with E-state index in [1.54, 1.807) is 0 Å². The highest BCUT2D eigenvalue weighted by Crippen LogP contribution is 2.39. The number of carboxylic acids is 1. The van der Waals surface area contributed by atoms with Gasteiger partial charge in [0.05, 0.1) is 6.42 Å². The Hall–Kier alpha value is -2.61. The Labute approximate surface area is 141 Å². The first-order valence-electron chi connectivity index (χ1n) is 7.22. The summed E-state index contributed by atoms with van der Waals surface area (Å²) in [5, 5.41) is 11.4. The highest BCUT2D eigenvalue weighted by Gasteiger charge is 2.54. The molecule has 1 saturated heterocycles. The van der Waals surface area contributed by atoms with Crippen molar-refractivity contribution in [2.45, 2.75) is 17.8 Å². The molecule has 0 radical (unpaired) electrons. The first-order chi connectivity index (χ1) is 11.5. The number of aliphatic carboxylic acids is 1. The van der Waals surface area contributed by atoms with Gasteiger partial charge in [-0.15, -0.1) is 11.8 Å². The molecule has 0 bridgehead atoms. The van der Waals surface area contributed by atoms with Crippen molar-refractivity contribution in [3.8, 4) is 0 Å². The van der Waals surface area contributed by atoms with Crippen LogP contribution in [0.25, 0.3) is 0 Å². The van der Waals surface area contributed by atoms with Crippen molar-refractivity contribution in [3.63, 3.8) is 0 Å². The molecular weight excluding hydrogens is 332 g/mol. The summed E-state index contributed by atoms with van der Waals surface area (Å²) in [7, 11) is 0. The smallest absolute Gasteiger partial charge is 0.353 e. The number of fused-ring (bicyclic) bond motifs is 1. The average molecular weight is 346 g/mol. The van der Waals surface area contributed by atoms with Crippen LogP contribution in [0.2, 0.25) is 0 Å². The van der Waals surface area contributed by atoms with Crippen molar-refractivity contribution in [3.05, 3.63) is 47.2 Å². The first kappa shape index (κ1) is 16.3. The topological polar surface area (TPSA) is 104 Å². The van der Waals surface area contributed by atoms with Gasteiger partial charge in [0.1, 0.15) is 23.4 Å². The van der Waals surface area contributed by atoms with Gasteiger partial charge in [0.2, 0.25) is 5.91 Å². The fourth-order valence-electron chi connectivity index (χ4n) is 2.74. The second-order valence-electron chi connectivity index (χ2n) is 5.41. The molecule has 2 aliphatic rings. The van der Waals surface area contributed by atoms with E-state index in [1.165, 1.54) is 11.8 Å². The number of amides is 2. The number of carboxylic acid groups (broad SMARTS) is 1. The molecule has 0 aliphatic carbocycles. The number of β-lactam (4-membered cyclic amide) rings is 1. The molecule has 2 atom stereocenters. The van der Waals surface area contributed by atoms with Crippen LogP contribution in [0.1, 0.15) is 5.56 Å². The molecule has 0 spiro atoms. The summed E-state index contributed by atoms with van der Waals surface area (Å²) >= 11 is 1.26. The number of aldehydes is 1. The molecule has 124 valence electrons. The van der Waals surface area contributed by atoms with E-state index in [4.69, 9.17) is 0 Å². The fourth-order valence-corrected chi connectivity index (χ4v) is 4.03. The number of thioether (sulfide) groups is 1. The number of nitrogens with one attached hydrogen (secondary N) is 1. The van der Waals surface area contributed by atoms with Gasteiger partial charge in [-0.05, 0) is 5.56 Å². The van der Waals surface area contributed by atoms with E-state index in [-0.39, 0.29) is 29.4 Å². The molecule has 1 aromatic rings. The standard InChI is InChI=1S/C16H14N2O5S/c19-7-10-8-24-15-12(14(21)18(15)13(10)16(22)23)17-11(20)6-9-4-2-1-3-5-9/h1-5,7,12,15H,6,8H2,(H,17,20)(H,22,23)/t12?,15-/m0/s1. The normalized spacial score (nSPS) is 22.5. The van der Waals surface area contributed by atoms with Crippen LogP contribution in [-0.2, 0) is 25.6 Å². The highest BCUT2D eigenvalue weighted by molar-refractivity contribution is 8.00. The molecule has 3 rings (SSSR count). The average Bonchev–Trinajstić information content (AvgIpc) is 2.58. The van der Waals surface area contributed by atoms with Crippen LogP contribution in [0, 0.1) is 0 Å². The Kier molecular flexibility index (Phi) is 4.39. The number of carbonyl (C=O) groups excluding carboxylic acids is 3. The molecule has 24 heavy (non-hydrogen) atoms. The maximum Gasteiger partial charge on any atom is 0.353 e. The summed E-state index contributed by atoms with van der Waals surface area (Å²) in [5.41, 5.74) is 0.614. The quantitative estimate of drug-likeness (QED) is 0.582. The van der Waals surface area contributed by atoms with Crippen LogP contribution < -0.4 is 5.32 Å². The number of hydrogen-bond donors (Lipinski definition) is 2. The lowest BCUT2D eigenvalue weighted by Gasteiger charge is -2.49. The molecule has 2 aliphatic heterocycles. The molecular formula is C16H14N2O5S. The second kappa shape index (κ2) is 6.48. The Morgan fingerprint density at radius 3 is 2.67 bits per heavy atom. The molecule has 1 unspecified atom stereocenters. The largest absolute Gasteiger partial charge is 0.477 e. The highest BCUT2D eigenvalue weighted by atomic mass is 32.2. The van der Waals surface area contributed by atoms with E-state index in [0.29, 0.717) is 6.29 Å². The minimum absolute atomic E-state index is 0.0752. The molecule has 7 nitrogen and oxygen atoms in total. The second-order valence-corrected chi connectivity index (χ2v) is 6.52. The monoisotopic (exact) mass is 346 g/mol. The summed E-state index contributed by atoms with van der Waals surface area (Å²) in [6.45, 7) is 0. The minimum Gasteiger partial charge on any atom is -0.477 e. The van der Waals surface area contributed by atoms with E-state index in [2.05, 4.69) is 5.32 Å². The van der Waals surface area contributed by atoms with Crippen LogP contribution in [0.15, 0.2) is 41.6 Å². The first-order valence-corrected chi connectivity index (χ1v) is 8.27. The summed E-state index contributed by atoms with van der Waals surface area (Å²) in [5.74, 6) is -1.93. The fraction of sp³-hybridized carbons (Fsp3) is 0.250. The Morgan fingerprint density at radius 1 is 1.33 bits per heavy atom. The summed E-state index contributed by atoms with van der Waals surface area (Å²) in [6, 6.07) is 8.34. The Balaban J connectivity index is 1.70. The number of carbonyl (C=O) groups is 4. The number of benzene rings is 1. The summed E-state index contributed by atoms with van der Waals surface area (Å²) in [4.78, 5) is 47.7. The third-order valence-electron chi connectivity index (χ3n) is 3.87. The molecule has 0 aromatic heterocycles. The van der Waals surface area contributed by atoms with Crippen LogP contribution in [0.5, 0.6) is 0 Å². The predicted octanol–water partition coefficient (Wildman–Crippen LogP) is 0.167. The minimum atomic E-state index is -1.31. The zero-order valence-electron chi connectivity index (χ0n) is 12.5. The summed E-state index contributed by atoms with van der Waals surface area (Å²) < 4.78 is 0. The van der Waals surface area contributed by atoms with E-state index in [0.717, 1.165) is 10.5 Å². The van der Waals surface area contributed by atoms with Crippen molar-refractivity contribution in [2.75, 3.05) is 5.75 Å². The maximum absolute atomic E-state index is 12.2. The zero-order valence-corrected chi connectivity index (χ0v) is 13.3. The summed E-state index contributed by atoms with van der Waals surface area (Å²) in [6.07, 6.45) is 0.602. The molecule has 2 amide bonds. The predicted molar refractivity (Wildman–Crippen MR) is 85.9 cm³/mol. The van der Waals surface area contributed by atoms with Gasteiger partial charge in [-0.3, -0.25) is 19.3 Å². The lowest BCUT2D eigenvalue weighted by molar-refractivity contribution is -0.150. The van der Waals surface area contributed by atoms with Crippen LogP contribution in [0.4, 0.5) is 0 Å². The van der Waals surface area contributed by atoms with Gasteiger partial charge in [-0.1, -0.05) is 30.3 Å². The van der Waals surface area contributed by atoms with Crippen LogP contribution >= 0.6 is 11.8 Å². The SMILES string of the molecule is O=CC1=C(C(=O)O)N2C(=O)C(NC(=O)Cc3ccccc3)[C@@H]2SC1. The van der Waals surface area contributed by atoms with Gasteiger partial charge in [0.25, 0.3) is 5.91 Å². The van der Waals surface area contributed by atoms with Crippen molar-refractivity contribution < 1.29 is 24.3 Å². The molecule has 0 saturated carbocycles. The van der Waals surface area contributed by atoms with E-state index < -0.39 is 23.3 Å². The molecule has 1 fully saturated rings. The van der Waals surface area contributed by atoms with Gasteiger partial charge in [0.15, 0.2) is 0 Å². The molecule has 2 heterocycles. The van der Waals surface area contributed by atoms with Crippen molar-refractivity contribution in [1.29, 1.82) is 0 Å². The van der Waals surface area contributed by atoms with Crippen LogP contribution in [0.3, 0.4) is 0 Å². The number of hydrogen-bond acceptors (Lipinski definition) is 5. The van der Waals surface area contributed by atoms with Crippen molar-refractivity contribution >= 4 is 35.8 Å². The van der Waals surface area contributed by atoms with Gasteiger partial charge in [-0.25, -0.2) is 4.79 Å². The van der Waals surface area contributed by atoms with Gasteiger partial charge in [0, 0.05) is 11.3 Å². The lowest BCUT2D eigenvalue weighted by atomic mass is 10.0. The van der Waals surface area contributed by atoms with Gasteiger partial charge < -0.3 is 10.4 Å². The van der Waals surface area contributed by atoms with E-state index in [1.807, 2.05) is 30.3 Å². The number of rotatable bonds is 5. The van der Waals surface area contributed by atoms with E-state index in [9.17, 15) is 24.3 Å². The Morgan fingerprint density at radius 2 is 2.04 bits per heavy atom. The van der Waals surface area contributed by atoms with Crippen molar-refractivity contribution in [2.24, 2.45) is 0 Å². The molecule has 8 heteroatoms. The Bertz CT molecular complexity index is 746. The van der Waals surface area contributed by atoms with Crippen LogP contribution in [-0.4, -0.2) is 51.2 Å². The number of nitrogens with zero attached hydrogens (tertiary/aromatic N) is 1. The maximum atomic E-state index is 12.2. The third kappa shape index (κ3) is 2.80. The van der Waals surface area contributed by atoms with Gasteiger partial charge in [-0.2, -0.15) is 0 Å². The van der Waals surface area contributed by atoms with E-state index >= 15 is 0 Å². The molecule has 2 N–H and O–H groups in total. The van der Waals surface area contributed by atoms with Gasteiger partial charge >= 0.3 is 5.97 Å².